The summed E-state index contributed by atoms with van der Waals surface area (Å²) in [6.45, 7) is 2.03. The Morgan fingerprint density at radius 2 is 2.12 bits per heavy atom. The van der Waals surface area contributed by atoms with Crippen LogP contribution in [-0.2, 0) is 6.54 Å². The van der Waals surface area contributed by atoms with Crippen LogP contribution in [0.2, 0.25) is 0 Å². The number of nitrogens with zero attached hydrogens (tertiary/aromatic N) is 2. The molecule has 5 heteroatoms. The molecule has 25 heavy (non-hydrogen) atoms. The zero-order chi connectivity index (χ0) is 17.1. The molecule has 1 aliphatic heterocycles. The van der Waals surface area contributed by atoms with Crippen molar-refractivity contribution >= 4 is 23.0 Å². The van der Waals surface area contributed by atoms with Crippen LogP contribution in [0.15, 0.2) is 48.7 Å². The van der Waals surface area contributed by atoms with Gasteiger partial charge in [-0.15, -0.1) is 0 Å². The van der Waals surface area contributed by atoms with Crippen molar-refractivity contribution in [2.45, 2.75) is 32.0 Å². The number of aromatic amines is 1. The quantitative estimate of drug-likeness (QED) is 0.697. The lowest BCUT2D eigenvalue weighted by atomic mass is 10.1. The van der Waals surface area contributed by atoms with Gasteiger partial charge in [0.2, 0.25) is 0 Å². The number of rotatable bonds is 5. The highest BCUT2D eigenvalue weighted by molar-refractivity contribution is 5.94. The number of aromatic nitrogens is 2. The van der Waals surface area contributed by atoms with Gasteiger partial charge in [0.1, 0.15) is 5.65 Å². The van der Waals surface area contributed by atoms with Gasteiger partial charge in [-0.2, -0.15) is 0 Å². The summed E-state index contributed by atoms with van der Waals surface area (Å²) in [7, 11) is 0. The van der Waals surface area contributed by atoms with E-state index in [2.05, 4.69) is 50.5 Å². The first-order valence-corrected chi connectivity index (χ1v) is 8.81. The number of piperidine rings is 1. The number of hydrogen-bond acceptors (Lipinski definition) is 4. The summed E-state index contributed by atoms with van der Waals surface area (Å²) < 4.78 is 0. The molecule has 1 unspecified atom stereocenters. The summed E-state index contributed by atoms with van der Waals surface area (Å²) in [5.41, 5.74) is 3.67. The molecule has 5 nitrogen and oxygen atoms in total. The number of carbonyl (C=O) groups excluding carboxylic acids is 1. The molecule has 1 fully saturated rings. The molecule has 0 saturated carbocycles. The SMILES string of the molecule is O=Cc1cc2c(NC3CCCCN3Cc3ccccc3)ccnc2[nH]1. The Kier molecular flexibility index (Phi) is 4.48. The third-order valence-corrected chi connectivity index (χ3v) is 4.84. The number of fused-ring (bicyclic) bond motifs is 1. The van der Waals surface area contributed by atoms with Gasteiger partial charge in [0.15, 0.2) is 6.29 Å². The number of pyridine rings is 1. The molecule has 2 N–H and O–H groups in total. The largest absolute Gasteiger partial charge is 0.369 e. The molecule has 1 atom stereocenters. The van der Waals surface area contributed by atoms with E-state index in [0.29, 0.717) is 5.69 Å². The summed E-state index contributed by atoms with van der Waals surface area (Å²) in [5.74, 6) is 0. The highest BCUT2D eigenvalue weighted by atomic mass is 16.1. The Morgan fingerprint density at radius 1 is 1.24 bits per heavy atom. The van der Waals surface area contributed by atoms with Gasteiger partial charge < -0.3 is 10.3 Å². The van der Waals surface area contributed by atoms with Crippen LogP contribution < -0.4 is 5.32 Å². The number of nitrogens with one attached hydrogen (secondary N) is 2. The van der Waals surface area contributed by atoms with Crippen molar-refractivity contribution in [3.63, 3.8) is 0 Å². The van der Waals surface area contributed by atoms with E-state index in [1.54, 1.807) is 6.20 Å². The van der Waals surface area contributed by atoms with Crippen LogP contribution in [0.5, 0.6) is 0 Å². The van der Waals surface area contributed by atoms with Crippen molar-refractivity contribution in [2.24, 2.45) is 0 Å². The minimum Gasteiger partial charge on any atom is -0.369 e. The van der Waals surface area contributed by atoms with Crippen molar-refractivity contribution < 1.29 is 4.79 Å². The first-order chi connectivity index (χ1) is 12.3. The predicted octanol–water partition coefficient (Wildman–Crippen LogP) is 3.80. The molecule has 0 bridgehead atoms. The molecule has 0 amide bonds. The lowest BCUT2D eigenvalue weighted by Gasteiger charge is -2.37. The van der Waals surface area contributed by atoms with E-state index in [-0.39, 0.29) is 6.17 Å². The number of H-pyrrole nitrogens is 1. The Hall–Kier alpha value is -2.66. The molecule has 0 spiro atoms. The summed E-state index contributed by atoms with van der Waals surface area (Å²) >= 11 is 0. The van der Waals surface area contributed by atoms with Crippen LogP contribution in [0.4, 0.5) is 5.69 Å². The standard InChI is InChI=1S/C20H22N4O/c25-14-16-12-17-18(9-10-21-20(17)22-16)23-19-8-4-5-11-24(19)13-15-6-2-1-3-7-15/h1-3,6-7,9-10,12,14,19H,4-5,8,11,13H2,(H2,21,22,23). The topological polar surface area (TPSA) is 61.0 Å². The lowest BCUT2D eigenvalue weighted by Crippen LogP contribution is -2.43. The highest BCUT2D eigenvalue weighted by Crippen LogP contribution is 2.26. The van der Waals surface area contributed by atoms with Gasteiger partial charge in [0.25, 0.3) is 0 Å². The number of anilines is 1. The van der Waals surface area contributed by atoms with E-state index in [9.17, 15) is 4.79 Å². The van der Waals surface area contributed by atoms with Crippen LogP contribution in [0.25, 0.3) is 11.0 Å². The van der Waals surface area contributed by atoms with Gasteiger partial charge in [-0.25, -0.2) is 4.98 Å². The van der Waals surface area contributed by atoms with E-state index in [1.807, 2.05) is 12.1 Å². The predicted molar refractivity (Wildman–Crippen MR) is 99.6 cm³/mol. The van der Waals surface area contributed by atoms with Crippen LogP contribution in [0.1, 0.15) is 35.3 Å². The second-order valence-corrected chi connectivity index (χ2v) is 6.58. The van der Waals surface area contributed by atoms with Gasteiger partial charge in [-0.1, -0.05) is 30.3 Å². The van der Waals surface area contributed by atoms with Gasteiger partial charge in [0.05, 0.1) is 11.9 Å². The van der Waals surface area contributed by atoms with Crippen molar-refractivity contribution in [2.75, 3.05) is 11.9 Å². The minimum absolute atomic E-state index is 0.286. The van der Waals surface area contributed by atoms with Gasteiger partial charge >= 0.3 is 0 Å². The van der Waals surface area contributed by atoms with E-state index >= 15 is 0 Å². The molecular formula is C20H22N4O. The number of aldehydes is 1. The molecule has 1 saturated heterocycles. The zero-order valence-corrected chi connectivity index (χ0v) is 14.1. The van der Waals surface area contributed by atoms with Crippen molar-refractivity contribution in [3.8, 4) is 0 Å². The van der Waals surface area contributed by atoms with E-state index in [4.69, 9.17) is 0 Å². The van der Waals surface area contributed by atoms with Gasteiger partial charge in [-0.3, -0.25) is 9.69 Å². The second kappa shape index (κ2) is 7.07. The summed E-state index contributed by atoms with van der Waals surface area (Å²) in [5, 5.41) is 4.65. The summed E-state index contributed by atoms with van der Waals surface area (Å²) in [6.07, 6.45) is 6.46. The molecule has 128 valence electrons. The van der Waals surface area contributed by atoms with Crippen LogP contribution in [0.3, 0.4) is 0 Å². The Balaban J connectivity index is 1.57. The Labute approximate surface area is 147 Å². The number of likely N-dealkylation sites (tertiary alicyclic amines) is 1. The van der Waals surface area contributed by atoms with Gasteiger partial charge in [-0.05, 0) is 37.0 Å². The molecule has 4 rings (SSSR count). The fraction of sp³-hybridized carbons (Fsp3) is 0.300. The van der Waals surface area contributed by atoms with Crippen molar-refractivity contribution in [3.05, 3.63) is 59.9 Å². The molecule has 0 radical (unpaired) electrons. The van der Waals surface area contributed by atoms with E-state index < -0.39 is 0 Å². The first-order valence-electron chi connectivity index (χ1n) is 8.81. The molecule has 2 aromatic heterocycles. The van der Waals surface area contributed by atoms with Crippen LogP contribution >= 0.6 is 0 Å². The summed E-state index contributed by atoms with van der Waals surface area (Å²) in [6, 6.07) is 14.4. The van der Waals surface area contributed by atoms with Crippen molar-refractivity contribution in [1.82, 2.24) is 14.9 Å². The fourth-order valence-electron chi connectivity index (χ4n) is 3.58. The fourth-order valence-corrected chi connectivity index (χ4v) is 3.58. The maximum Gasteiger partial charge on any atom is 0.166 e. The monoisotopic (exact) mass is 334 g/mol. The Morgan fingerprint density at radius 3 is 2.96 bits per heavy atom. The smallest absolute Gasteiger partial charge is 0.166 e. The number of carbonyl (C=O) groups is 1. The maximum absolute atomic E-state index is 11.0. The third kappa shape index (κ3) is 3.42. The lowest BCUT2D eigenvalue weighted by molar-refractivity contribution is 0.111. The average molecular weight is 334 g/mol. The molecule has 1 aliphatic rings. The molecular weight excluding hydrogens is 312 g/mol. The highest BCUT2D eigenvalue weighted by Gasteiger charge is 2.23. The number of hydrogen-bond donors (Lipinski definition) is 2. The molecule has 3 aromatic rings. The van der Waals surface area contributed by atoms with E-state index in [1.165, 1.54) is 18.4 Å². The molecule has 3 heterocycles. The Bertz CT molecular complexity index is 859. The average Bonchev–Trinajstić information content (AvgIpc) is 3.09. The van der Waals surface area contributed by atoms with Crippen molar-refractivity contribution in [1.29, 1.82) is 0 Å². The van der Waals surface area contributed by atoms with Crippen LogP contribution in [-0.4, -0.2) is 33.9 Å². The minimum atomic E-state index is 0.286. The van der Waals surface area contributed by atoms with E-state index in [0.717, 1.165) is 42.5 Å². The number of benzene rings is 1. The van der Waals surface area contributed by atoms with Crippen LogP contribution in [0, 0.1) is 0 Å². The summed E-state index contributed by atoms with van der Waals surface area (Å²) in [4.78, 5) is 20.9. The first kappa shape index (κ1) is 15.8. The second-order valence-electron chi connectivity index (χ2n) is 6.58. The third-order valence-electron chi connectivity index (χ3n) is 4.84. The zero-order valence-electron chi connectivity index (χ0n) is 14.1. The molecule has 1 aromatic carbocycles. The maximum atomic E-state index is 11.0. The van der Waals surface area contributed by atoms with Gasteiger partial charge in [0, 0.05) is 30.4 Å². The molecule has 0 aliphatic carbocycles. The normalized spacial score (nSPS) is 18.3.